The van der Waals surface area contributed by atoms with E-state index in [0.29, 0.717) is 19.3 Å². The zero-order valence-corrected chi connectivity index (χ0v) is 13.1. The lowest BCUT2D eigenvalue weighted by atomic mass is 10.1. The minimum absolute atomic E-state index is 0.0497. The smallest absolute Gasteiger partial charge is 0.306 e. The number of aliphatic carboxylic acids is 1. The Labute approximate surface area is 131 Å². The molecule has 2 rings (SSSR count). The maximum atomic E-state index is 12.0. The molecule has 0 aromatic rings. The van der Waals surface area contributed by atoms with Gasteiger partial charge in [0.1, 0.15) is 0 Å². The number of carbonyl (C=O) groups excluding carboxylic acids is 2. The molecule has 2 amide bonds. The van der Waals surface area contributed by atoms with Crippen molar-refractivity contribution < 1.29 is 19.5 Å². The summed E-state index contributed by atoms with van der Waals surface area (Å²) in [6, 6.07) is -0.240. The first-order valence-corrected chi connectivity index (χ1v) is 8.28. The molecule has 0 aromatic heterocycles. The van der Waals surface area contributed by atoms with Gasteiger partial charge < -0.3 is 15.7 Å². The van der Waals surface area contributed by atoms with Gasteiger partial charge in [-0.1, -0.05) is 12.8 Å². The molecule has 0 saturated heterocycles. The largest absolute Gasteiger partial charge is 0.481 e. The molecule has 2 aliphatic rings. The first-order valence-electron chi connectivity index (χ1n) is 8.28. The summed E-state index contributed by atoms with van der Waals surface area (Å²) in [7, 11) is 0. The molecule has 3 N–H and O–H groups in total. The zero-order valence-electron chi connectivity index (χ0n) is 13.1. The highest BCUT2D eigenvalue weighted by atomic mass is 16.4. The maximum Gasteiger partial charge on any atom is 0.306 e. The molecule has 0 heterocycles. The van der Waals surface area contributed by atoms with Crippen LogP contribution in [0.4, 0.5) is 0 Å². The molecule has 6 nitrogen and oxygen atoms in total. The normalized spacial score (nSPS) is 26.6. The predicted molar refractivity (Wildman–Crippen MR) is 81.1 cm³/mol. The van der Waals surface area contributed by atoms with Gasteiger partial charge >= 0.3 is 5.97 Å². The summed E-state index contributed by atoms with van der Waals surface area (Å²) in [5.41, 5.74) is 0. The molecule has 0 aromatic carbocycles. The Morgan fingerprint density at radius 2 is 1.77 bits per heavy atom. The Balaban J connectivity index is 1.68. The summed E-state index contributed by atoms with van der Waals surface area (Å²) in [6.45, 7) is 1.83. The number of amides is 2. The van der Waals surface area contributed by atoms with E-state index in [0.717, 1.165) is 25.7 Å². The van der Waals surface area contributed by atoms with Gasteiger partial charge in [-0.15, -0.1) is 0 Å². The van der Waals surface area contributed by atoms with Gasteiger partial charge in [0.15, 0.2) is 0 Å². The van der Waals surface area contributed by atoms with Crippen molar-refractivity contribution in [1.82, 2.24) is 10.6 Å². The molecule has 2 saturated carbocycles. The zero-order chi connectivity index (χ0) is 16.1. The van der Waals surface area contributed by atoms with Crippen LogP contribution in [0.3, 0.4) is 0 Å². The summed E-state index contributed by atoms with van der Waals surface area (Å²) in [5.74, 6) is -1.07. The van der Waals surface area contributed by atoms with Crippen molar-refractivity contribution >= 4 is 17.8 Å². The highest BCUT2D eigenvalue weighted by molar-refractivity contribution is 5.81. The molecular formula is C16H26N2O4. The van der Waals surface area contributed by atoms with Gasteiger partial charge in [-0.25, -0.2) is 0 Å². The molecule has 3 atom stereocenters. The van der Waals surface area contributed by atoms with Crippen LogP contribution in [0.25, 0.3) is 0 Å². The fourth-order valence-corrected chi connectivity index (χ4v) is 3.50. The van der Waals surface area contributed by atoms with Crippen molar-refractivity contribution in [3.63, 3.8) is 0 Å². The molecular weight excluding hydrogens is 284 g/mol. The fraction of sp³-hybridized carbons (Fsp3) is 0.812. The van der Waals surface area contributed by atoms with Crippen molar-refractivity contribution in [2.75, 3.05) is 0 Å². The fourth-order valence-electron chi connectivity index (χ4n) is 3.50. The van der Waals surface area contributed by atoms with Gasteiger partial charge in [0.05, 0.1) is 5.92 Å². The number of hydrogen-bond acceptors (Lipinski definition) is 3. The van der Waals surface area contributed by atoms with E-state index in [-0.39, 0.29) is 42.2 Å². The van der Waals surface area contributed by atoms with Crippen LogP contribution in [0.1, 0.15) is 58.3 Å². The highest BCUT2D eigenvalue weighted by Crippen LogP contribution is 2.26. The van der Waals surface area contributed by atoms with Crippen LogP contribution in [0, 0.1) is 11.8 Å². The van der Waals surface area contributed by atoms with Crippen LogP contribution in [0.2, 0.25) is 0 Å². The Morgan fingerprint density at radius 3 is 2.36 bits per heavy atom. The molecule has 2 fully saturated rings. The summed E-state index contributed by atoms with van der Waals surface area (Å²) < 4.78 is 0. The SMILES string of the molecule is CC(CC(=O)N[C@@H]1CC[C@H](C(=O)O)C1)NC(=O)C1CCCC1. The van der Waals surface area contributed by atoms with Crippen LogP contribution in [-0.2, 0) is 14.4 Å². The van der Waals surface area contributed by atoms with E-state index in [1.165, 1.54) is 0 Å². The molecule has 1 unspecified atom stereocenters. The van der Waals surface area contributed by atoms with Gasteiger partial charge in [0, 0.05) is 24.4 Å². The molecule has 2 aliphatic carbocycles. The van der Waals surface area contributed by atoms with Crippen LogP contribution in [-0.4, -0.2) is 35.0 Å². The second-order valence-electron chi connectivity index (χ2n) is 6.71. The number of hydrogen-bond donors (Lipinski definition) is 3. The van der Waals surface area contributed by atoms with E-state index >= 15 is 0 Å². The maximum absolute atomic E-state index is 12.0. The molecule has 6 heteroatoms. The Hall–Kier alpha value is -1.59. The third kappa shape index (κ3) is 4.71. The van der Waals surface area contributed by atoms with E-state index in [9.17, 15) is 14.4 Å². The predicted octanol–water partition coefficient (Wildman–Crippen LogP) is 1.44. The Morgan fingerprint density at radius 1 is 1.09 bits per heavy atom. The van der Waals surface area contributed by atoms with Crippen LogP contribution >= 0.6 is 0 Å². The van der Waals surface area contributed by atoms with Gasteiger partial charge in [0.25, 0.3) is 0 Å². The van der Waals surface area contributed by atoms with Crippen molar-refractivity contribution in [1.29, 1.82) is 0 Å². The monoisotopic (exact) mass is 310 g/mol. The number of carboxylic acids is 1. The second-order valence-corrected chi connectivity index (χ2v) is 6.71. The highest BCUT2D eigenvalue weighted by Gasteiger charge is 2.31. The average Bonchev–Trinajstić information content (AvgIpc) is 3.08. The second kappa shape index (κ2) is 7.61. The van der Waals surface area contributed by atoms with E-state index in [2.05, 4.69) is 10.6 Å². The van der Waals surface area contributed by atoms with Crippen molar-refractivity contribution in [2.45, 2.75) is 70.4 Å². The van der Waals surface area contributed by atoms with Crippen molar-refractivity contribution in [3.05, 3.63) is 0 Å². The van der Waals surface area contributed by atoms with E-state index in [1.54, 1.807) is 0 Å². The summed E-state index contributed by atoms with van der Waals surface area (Å²) in [4.78, 5) is 34.9. The topological polar surface area (TPSA) is 95.5 Å². The van der Waals surface area contributed by atoms with E-state index in [1.807, 2.05) is 6.92 Å². The minimum Gasteiger partial charge on any atom is -0.481 e. The lowest BCUT2D eigenvalue weighted by Crippen LogP contribution is -2.41. The number of rotatable bonds is 6. The average molecular weight is 310 g/mol. The number of carbonyl (C=O) groups is 3. The molecule has 0 aliphatic heterocycles. The first kappa shape index (κ1) is 16.8. The van der Waals surface area contributed by atoms with Gasteiger partial charge in [0.2, 0.25) is 11.8 Å². The number of carboxylic acid groups (broad SMARTS) is 1. The minimum atomic E-state index is -0.783. The molecule has 124 valence electrons. The quantitative estimate of drug-likeness (QED) is 0.692. The van der Waals surface area contributed by atoms with Crippen molar-refractivity contribution in [2.24, 2.45) is 11.8 Å². The Kier molecular flexibility index (Phi) is 5.80. The van der Waals surface area contributed by atoms with Crippen LogP contribution in [0.15, 0.2) is 0 Å². The van der Waals surface area contributed by atoms with Crippen molar-refractivity contribution in [3.8, 4) is 0 Å². The van der Waals surface area contributed by atoms with E-state index < -0.39 is 5.97 Å². The van der Waals surface area contributed by atoms with Crippen LogP contribution in [0.5, 0.6) is 0 Å². The summed E-state index contributed by atoms with van der Waals surface area (Å²) in [6.07, 6.45) is 6.20. The molecule has 0 bridgehead atoms. The molecule has 0 spiro atoms. The summed E-state index contributed by atoms with van der Waals surface area (Å²) in [5, 5.41) is 14.7. The van der Waals surface area contributed by atoms with Gasteiger partial charge in [-0.05, 0) is 39.0 Å². The number of nitrogens with one attached hydrogen (secondary N) is 2. The molecule has 22 heavy (non-hydrogen) atoms. The van der Waals surface area contributed by atoms with E-state index in [4.69, 9.17) is 5.11 Å². The molecule has 0 radical (unpaired) electrons. The third-order valence-electron chi connectivity index (χ3n) is 4.75. The lowest BCUT2D eigenvalue weighted by Gasteiger charge is -2.18. The Bertz CT molecular complexity index is 432. The third-order valence-corrected chi connectivity index (χ3v) is 4.75. The van der Waals surface area contributed by atoms with Gasteiger partial charge in [-0.2, -0.15) is 0 Å². The lowest BCUT2D eigenvalue weighted by molar-refractivity contribution is -0.141. The first-order chi connectivity index (χ1) is 10.5. The summed E-state index contributed by atoms with van der Waals surface area (Å²) >= 11 is 0. The van der Waals surface area contributed by atoms with Crippen LogP contribution < -0.4 is 10.6 Å². The standard InChI is InChI=1S/C16H26N2O4/c1-10(17-15(20)11-4-2-3-5-11)8-14(19)18-13-7-6-12(9-13)16(21)22/h10-13H,2-9H2,1H3,(H,17,20)(H,18,19)(H,21,22)/t10?,12-,13+/m0/s1. The van der Waals surface area contributed by atoms with Gasteiger partial charge in [-0.3, -0.25) is 14.4 Å².